The minimum absolute atomic E-state index is 0.00702. The molecular weight excluding hydrogens is 390 g/mol. The highest BCUT2D eigenvalue weighted by molar-refractivity contribution is 5.94. The van der Waals surface area contributed by atoms with E-state index in [4.69, 9.17) is 13.9 Å². The number of aromatic hydroxyl groups is 1. The Hall–Kier alpha value is -3.55. The topological polar surface area (TPSA) is 115 Å². The largest absolute Gasteiger partial charge is 0.507 e. The van der Waals surface area contributed by atoms with Crippen LogP contribution in [0.1, 0.15) is 34.1 Å². The van der Waals surface area contributed by atoms with Gasteiger partial charge in [0.15, 0.2) is 0 Å². The van der Waals surface area contributed by atoms with E-state index in [1.807, 2.05) is 0 Å². The molecule has 0 radical (unpaired) electrons. The molecule has 0 bridgehead atoms. The zero-order chi connectivity index (χ0) is 22.1. The molecule has 30 heavy (non-hydrogen) atoms. The quantitative estimate of drug-likeness (QED) is 0.379. The highest BCUT2D eigenvalue weighted by Crippen LogP contribution is 2.30. The molecule has 0 spiro atoms. The number of phenols is 1. The molecule has 1 heterocycles. The van der Waals surface area contributed by atoms with E-state index in [1.165, 1.54) is 6.07 Å². The number of carbonyl (C=O) groups is 2. The first kappa shape index (κ1) is 21.2. The maximum absolute atomic E-state index is 12.6. The summed E-state index contributed by atoms with van der Waals surface area (Å²) < 4.78 is 16.2. The third-order valence-corrected chi connectivity index (χ3v) is 4.24. The van der Waals surface area contributed by atoms with Crippen molar-refractivity contribution >= 4 is 34.0 Å². The Morgan fingerprint density at radius 1 is 1.17 bits per heavy atom. The van der Waals surface area contributed by atoms with Crippen LogP contribution in [-0.4, -0.2) is 28.8 Å². The number of amides is 1. The molecule has 3 aromatic rings. The van der Waals surface area contributed by atoms with Crippen molar-refractivity contribution in [3.63, 3.8) is 0 Å². The molecule has 0 unspecified atom stereocenters. The summed E-state index contributed by atoms with van der Waals surface area (Å²) in [4.78, 5) is 37.1. The van der Waals surface area contributed by atoms with Crippen molar-refractivity contribution in [3.8, 4) is 11.5 Å². The number of alkyl carbamates (subject to hydrolysis) is 1. The first-order valence-electron chi connectivity index (χ1n) is 9.49. The van der Waals surface area contributed by atoms with Crippen molar-refractivity contribution in [2.24, 2.45) is 0 Å². The average molecular weight is 413 g/mol. The Morgan fingerprint density at radius 2 is 1.87 bits per heavy atom. The van der Waals surface area contributed by atoms with Gasteiger partial charge < -0.3 is 24.3 Å². The standard InChI is InChI=1S/C22H23NO7/c1-5-14(23-21(27)30-22(2,3)4)20(26)28-12-10-15(24)18-17(11-12)29-16-9-7-6-8-13(16)19(18)25/h6-11,14,24H,5H2,1-4H3,(H,23,27)/t14-/m0/s1. The van der Waals surface area contributed by atoms with Gasteiger partial charge in [0, 0.05) is 12.1 Å². The molecule has 8 heteroatoms. The van der Waals surface area contributed by atoms with E-state index in [0.717, 1.165) is 6.07 Å². The van der Waals surface area contributed by atoms with Crippen molar-refractivity contribution in [1.82, 2.24) is 5.32 Å². The lowest BCUT2D eigenvalue weighted by molar-refractivity contribution is -0.136. The van der Waals surface area contributed by atoms with E-state index >= 15 is 0 Å². The fourth-order valence-electron chi connectivity index (χ4n) is 2.90. The number of para-hydroxylation sites is 1. The van der Waals surface area contributed by atoms with E-state index in [-0.39, 0.29) is 34.3 Å². The van der Waals surface area contributed by atoms with Crippen LogP contribution in [0, 0.1) is 0 Å². The zero-order valence-electron chi connectivity index (χ0n) is 17.1. The van der Waals surface area contributed by atoms with Crippen molar-refractivity contribution in [1.29, 1.82) is 0 Å². The van der Waals surface area contributed by atoms with Gasteiger partial charge in [0.2, 0.25) is 5.43 Å². The maximum atomic E-state index is 12.6. The summed E-state index contributed by atoms with van der Waals surface area (Å²) in [5, 5.41) is 13.1. The second-order valence-corrected chi connectivity index (χ2v) is 7.77. The Labute approximate surface area is 172 Å². The lowest BCUT2D eigenvalue weighted by Gasteiger charge is -2.22. The number of hydrogen-bond acceptors (Lipinski definition) is 7. The van der Waals surface area contributed by atoms with Crippen molar-refractivity contribution in [2.75, 3.05) is 0 Å². The molecular formula is C22H23NO7. The molecule has 0 aliphatic carbocycles. The molecule has 8 nitrogen and oxygen atoms in total. The molecule has 158 valence electrons. The van der Waals surface area contributed by atoms with Crippen LogP contribution in [0.25, 0.3) is 21.9 Å². The lowest BCUT2D eigenvalue weighted by atomic mass is 10.1. The predicted molar refractivity (Wildman–Crippen MR) is 111 cm³/mol. The van der Waals surface area contributed by atoms with Gasteiger partial charge in [-0.1, -0.05) is 19.1 Å². The first-order chi connectivity index (χ1) is 14.1. The van der Waals surface area contributed by atoms with Crippen molar-refractivity contribution < 1.29 is 28.6 Å². The SMILES string of the molecule is CC[C@H](NC(=O)OC(C)(C)C)C(=O)Oc1cc(O)c2c(=O)c3ccccc3oc2c1. The summed E-state index contributed by atoms with van der Waals surface area (Å²) in [7, 11) is 0. The molecule has 1 amide bonds. The number of fused-ring (bicyclic) bond motifs is 2. The Balaban J connectivity index is 1.87. The monoisotopic (exact) mass is 413 g/mol. The molecule has 0 aliphatic rings. The number of rotatable bonds is 4. The van der Waals surface area contributed by atoms with Crippen molar-refractivity contribution in [3.05, 3.63) is 46.6 Å². The van der Waals surface area contributed by atoms with Crippen molar-refractivity contribution in [2.45, 2.75) is 45.8 Å². The van der Waals surface area contributed by atoms with Crippen LogP contribution in [0.2, 0.25) is 0 Å². The third-order valence-electron chi connectivity index (χ3n) is 4.24. The van der Waals surface area contributed by atoms with E-state index in [9.17, 15) is 19.5 Å². The lowest BCUT2D eigenvalue weighted by Crippen LogP contribution is -2.44. The van der Waals surface area contributed by atoms with Gasteiger partial charge in [0.1, 0.15) is 39.7 Å². The average Bonchev–Trinajstić information content (AvgIpc) is 2.64. The molecule has 2 aromatic carbocycles. The molecule has 0 saturated carbocycles. The van der Waals surface area contributed by atoms with Gasteiger partial charge in [-0.3, -0.25) is 4.79 Å². The Morgan fingerprint density at radius 3 is 2.53 bits per heavy atom. The Bertz CT molecular complexity index is 1170. The summed E-state index contributed by atoms with van der Waals surface area (Å²) in [5.41, 5.74) is -0.678. The summed E-state index contributed by atoms with van der Waals surface area (Å²) in [6, 6.07) is 8.19. The van der Waals surface area contributed by atoms with Gasteiger partial charge in [-0.05, 0) is 39.3 Å². The number of hydrogen-bond donors (Lipinski definition) is 2. The molecule has 0 aliphatic heterocycles. The van der Waals surface area contributed by atoms with E-state index < -0.39 is 23.7 Å². The van der Waals surface area contributed by atoms with E-state index in [2.05, 4.69) is 5.32 Å². The molecule has 2 N–H and O–H groups in total. The smallest absolute Gasteiger partial charge is 0.408 e. The molecule has 1 aromatic heterocycles. The van der Waals surface area contributed by atoms with Gasteiger partial charge in [-0.15, -0.1) is 0 Å². The normalized spacial score (nSPS) is 12.5. The van der Waals surface area contributed by atoms with Crippen LogP contribution in [0.15, 0.2) is 45.6 Å². The van der Waals surface area contributed by atoms with E-state index in [0.29, 0.717) is 11.0 Å². The van der Waals surface area contributed by atoms with Gasteiger partial charge in [0.25, 0.3) is 0 Å². The Kier molecular flexibility index (Phi) is 5.69. The highest BCUT2D eigenvalue weighted by atomic mass is 16.6. The number of benzene rings is 2. The first-order valence-corrected chi connectivity index (χ1v) is 9.49. The number of esters is 1. The van der Waals surface area contributed by atoms with Gasteiger partial charge in [0.05, 0.1) is 5.39 Å². The summed E-state index contributed by atoms with van der Waals surface area (Å²) in [6.45, 7) is 6.83. The molecule has 1 atom stereocenters. The molecule has 0 fully saturated rings. The van der Waals surface area contributed by atoms with Gasteiger partial charge in [-0.2, -0.15) is 0 Å². The zero-order valence-corrected chi connectivity index (χ0v) is 17.1. The number of nitrogens with one attached hydrogen (secondary N) is 1. The predicted octanol–water partition coefficient (Wildman–Crippen LogP) is 3.86. The number of ether oxygens (including phenoxy) is 2. The van der Waals surface area contributed by atoms with Gasteiger partial charge >= 0.3 is 12.1 Å². The molecule has 3 rings (SSSR count). The van der Waals surface area contributed by atoms with Crippen LogP contribution in [0.4, 0.5) is 4.79 Å². The summed E-state index contributed by atoms with van der Waals surface area (Å²) in [6.07, 6.45) is -0.484. The summed E-state index contributed by atoms with van der Waals surface area (Å²) in [5.74, 6) is -1.14. The van der Waals surface area contributed by atoms with Crippen LogP contribution in [-0.2, 0) is 9.53 Å². The molecule has 0 saturated heterocycles. The van der Waals surface area contributed by atoms with Crippen LogP contribution in [0.3, 0.4) is 0 Å². The minimum Gasteiger partial charge on any atom is -0.507 e. The van der Waals surface area contributed by atoms with Gasteiger partial charge in [-0.25, -0.2) is 9.59 Å². The minimum atomic E-state index is -0.957. The highest BCUT2D eigenvalue weighted by Gasteiger charge is 2.25. The third kappa shape index (κ3) is 4.53. The second kappa shape index (κ2) is 8.06. The van der Waals surface area contributed by atoms with E-state index in [1.54, 1.807) is 52.0 Å². The second-order valence-electron chi connectivity index (χ2n) is 7.77. The maximum Gasteiger partial charge on any atom is 0.408 e. The number of phenolic OH excluding ortho intramolecular Hbond substituents is 1. The summed E-state index contributed by atoms with van der Waals surface area (Å²) >= 11 is 0. The fraction of sp³-hybridized carbons (Fsp3) is 0.318. The fourth-order valence-corrected chi connectivity index (χ4v) is 2.90. The number of carbonyl (C=O) groups excluding carboxylic acids is 2. The van der Waals surface area contributed by atoms with Crippen LogP contribution >= 0.6 is 0 Å². The van der Waals surface area contributed by atoms with Crippen LogP contribution < -0.4 is 15.5 Å². The van der Waals surface area contributed by atoms with Crippen LogP contribution in [0.5, 0.6) is 11.5 Å².